The van der Waals surface area contributed by atoms with Gasteiger partial charge in [0.25, 0.3) is 0 Å². The number of fused-ring (bicyclic) bond motifs is 1. The van der Waals surface area contributed by atoms with Crippen molar-refractivity contribution in [1.29, 1.82) is 0 Å². The molecular formula is C23H27N3O2S. The summed E-state index contributed by atoms with van der Waals surface area (Å²) in [4.78, 5) is 16.8. The van der Waals surface area contributed by atoms with Crippen LogP contribution in [0.2, 0.25) is 0 Å². The predicted molar refractivity (Wildman–Crippen MR) is 122 cm³/mol. The number of hydrogen-bond acceptors (Lipinski definition) is 4. The summed E-state index contributed by atoms with van der Waals surface area (Å²) in [6.45, 7) is 9.90. The molecule has 0 aliphatic heterocycles. The minimum atomic E-state index is -0.514. The summed E-state index contributed by atoms with van der Waals surface area (Å²) in [5, 5.41) is 6.03. The third kappa shape index (κ3) is 5.01. The Morgan fingerprint density at radius 1 is 1.21 bits per heavy atom. The molecule has 0 aliphatic rings. The van der Waals surface area contributed by atoms with E-state index in [2.05, 4.69) is 41.6 Å². The Balaban J connectivity index is 1.80. The van der Waals surface area contributed by atoms with Crippen LogP contribution < -0.4 is 10.6 Å². The minimum Gasteiger partial charge on any atom is -0.436 e. The van der Waals surface area contributed by atoms with E-state index in [0.29, 0.717) is 11.8 Å². The van der Waals surface area contributed by atoms with Crippen molar-refractivity contribution in [3.05, 3.63) is 48.0 Å². The Kier molecular flexibility index (Phi) is 6.03. The van der Waals surface area contributed by atoms with E-state index in [1.54, 1.807) is 0 Å². The van der Waals surface area contributed by atoms with Crippen LogP contribution in [0.25, 0.3) is 22.6 Å². The molecule has 0 saturated carbocycles. The van der Waals surface area contributed by atoms with Gasteiger partial charge >= 0.3 is 0 Å². The van der Waals surface area contributed by atoms with E-state index < -0.39 is 5.41 Å². The number of nitrogens with zero attached hydrogens (tertiary/aromatic N) is 1. The molecule has 0 unspecified atom stereocenters. The Labute approximate surface area is 176 Å². The third-order valence-corrected chi connectivity index (χ3v) is 5.07. The maximum Gasteiger partial charge on any atom is 0.231 e. The summed E-state index contributed by atoms with van der Waals surface area (Å²) in [5.41, 5.74) is 3.95. The molecule has 0 fully saturated rings. The topological polar surface area (TPSA) is 67.2 Å². The zero-order valence-corrected chi connectivity index (χ0v) is 18.3. The molecule has 1 atom stereocenters. The average molecular weight is 410 g/mol. The molecule has 1 aromatic heterocycles. The zero-order valence-electron chi connectivity index (χ0n) is 17.5. The quantitative estimate of drug-likeness (QED) is 0.528. The van der Waals surface area contributed by atoms with Crippen LogP contribution in [0.3, 0.4) is 0 Å². The van der Waals surface area contributed by atoms with Crippen molar-refractivity contribution in [3.8, 4) is 11.5 Å². The number of rotatable bonds is 4. The van der Waals surface area contributed by atoms with Gasteiger partial charge in [-0.05, 0) is 60.5 Å². The summed E-state index contributed by atoms with van der Waals surface area (Å²) in [7, 11) is 0. The molecule has 0 aliphatic carbocycles. The zero-order chi connectivity index (χ0) is 21.2. The van der Waals surface area contributed by atoms with Crippen molar-refractivity contribution < 1.29 is 9.21 Å². The molecule has 0 saturated heterocycles. The Morgan fingerprint density at radius 3 is 2.66 bits per heavy atom. The van der Waals surface area contributed by atoms with Crippen LogP contribution in [0.5, 0.6) is 0 Å². The molecule has 3 rings (SSSR count). The van der Waals surface area contributed by atoms with Crippen molar-refractivity contribution in [2.24, 2.45) is 5.41 Å². The standard InChI is InChI=1S/C23H27N3O2S/c1-6-14(2)15-10-11-19-18(13-15)25-20(28-19)16-8-7-9-17(12-16)24-22(29)26-21(27)23(3,4)5/h7-14H,6H2,1-5H3,(H2,24,26,27,29)/t14-/m0/s1. The number of hydrogen-bond donors (Lipinski definition) is 2. The van der Waals surface area contributed by atoms with Gasteiger partial charge in [0.2, 0.25) is 11.8 Å². The molecule has 6 heteroatoms. The molecule has 0 bridgehead atoms. The van der Waals surface area contributed by atoms with E-state index in [0.717, 1.165) is 28.8 Å². The number of anilines is 1. The lowest BCUT2D eigenvalue weighted by Gasteiger charge is -2.18. The summed E-state index contributed by atoms with van der Waals surface area (Å²) in [6.07, 6.45) is 1.08. The molecule has 1 amide bonds. The second-order valence-electron chi connectivity index (χ2n) is 8.29. The van der Waals surface area contributed by atoms with Gasteiger partial charge in [-0.3, -0.25) is 4.79 Å². The highest BCUT2D eigenvalue weighted by molar-refractivity contribution is 7.80. The lowest BCUT2D eigenvalue weighted by Crippen LogP contribution is -2.41. The molecule has 29 heavy (non-hydrogen) atoms. The van der Waals surface area contributed by atoms with Crippen molar-refractivity contribution in [2.75, 3.05) is 5.32 Å². The van der Waals surface area contributed by atoms with E-state index in [9.17, 15) is 4.79 Å². The number of nitrogens with one attached hydrogen (secondary N) is 2. The summed E-state index contributed by atoms with van der Waals surface area (Å²) in [5.74, 6) is 0.896. The molecule has 152 valence electrons. The number of aromatic nitrogens is 1. The first-order chi connectivity index (χ1) is 13.7. The van der Waals surface area contributed by atoms with Gasteiger partial charge in [0, 0.05) is 16.7 Å². The number of carbonyl (C=O) groups excluding carboxylic acids is 1. The van der Waals surface area contributed by atoms with Gasteiger partial charge in [0.1, 0.15) is 5.52 Å². The smallest absolute Gasteiger partial charge is 0.231 e. The maximum absolute atomic E-state index is 12.1. The first kappa shape index (κ1) is 21.0. The van der Waals surface area contributed by atoms with E-state index >= 15 is 0 Å². The number of benzene rings is 2. The second kappa shape index (κ2) is 8.33. The van der Waals surface area contributed by atoms with Crippen LogP contribution in [-0.2, 0) is 4.79 Å². The van der Waals surface area contributed by atoms with Gasteiger partial charge in [-0.2, -0.15) is 0 Å². The molecule has 2 aromatic carbocycles. The van der Waals surface area contributed by atoms with E-state index in [1.165, 1.54) is 5.56 Å². The van der Waals surface area contributed by atoms with Crippen LogP contribution in [0.15, 0.2) is 46.9 Å². The van der Waals surface area contributed by atoms with Gasteiger partial charge in [-0.15, -0.1) is 0 Å². The largest absolute Gasteiger partial charge is 0.436 e. The molecule has 5 nitrogen and oxygen atoms in total. The lowest BCUT2D eigenvalue weighted by molar-refractivity contribution is -0.126. The summed E-state index contributed by atoms with van der Waals surface area (Å²) in [6, 6.07) is 13.8. The number of carbonyl (C=O) groups is 1. The highest BCUT2D eigenvalue weighted by Gasteiger charge is 2.22. The van der Waals surface area contributed by atoms with Gasteiger partial charge in [0.05, 0.1) is 0 Å². The molecule has 3 aromatic rings. The Morgan fingerprint density at radius 2 is 1.97 bits per heavy atom. The number of thiocarbonyl (C=S) groups is 1. The first-order valence-corrected chi connectivity index (χ1v) is 10.2. The van der Waals surface area contributed by atoms with Crippen molar-refractivity contribution in [1.82, 2.24) is 10.3 Å². The number of amides is 1. The van der Waals surface area contributed by atoms with Crippen molar-refractivity contribution in [3.63, 3.8) is 0 Å². The SMILES string of the molecule is CC[C@H](C)c1ccc2oc(-c3cccc(NC(=S)NC(=O)C(C)(C)C)c3)nc2c1. The van der Waals surface area contributed by atoms with E-state index in [1.807, 2.05) is 51.1 Å². The number of oxazole rings is 1. The fourth-order valence-corrected chi connectivity index (χ4v) is 3.00. The maximum atomic E-state index is 12.1. The molecular weight excluding hydrogens is 382 g/mol. The summed E-state index contributed by atoms with van der Waals surface area (Å²) >= 11 is 5.26. The average Bonchev–Trinajstić information content (AvgIpc) is 3.10. The van der Waals surface area contributed by atoms with Crippen LogP contribution in [-0.4, -0.2) is 16.0 Å². The molecule has 0 spiro atoms. The lowest BCUT2D eigenvalue weighted by atomic mass is 9.96. The predicted octanol–water partition coefficient (Wildman–Crippen LogP) is 5.87. The van der Waals surface area contributed by atoms with Crippen molar-refractivity contribution in [2.45, 2.75) is 47.0 Å². The molecule has 1 heterocycles. The second-order valence-corrected chi connectivity index (χ2v) is 8.70. The van der Waals surface area contributed by atoms with E-state index in [4.69, 9.17) is 16.6 Å². The van der Waals surface area contributed by atoms with E-state index in [-0.39, 0.29) is 11.0 Å². The highest BCUT2D eigenvalue weighted by Crippen LogP contribution is 2.29. The van der Waals surface area contributed by atoms with Gasteiger partial charge in [0.15, 0.2) is 10.7 Å². The Hall–Kier alpha value is -2.73. The highest BCUT2D eigenvalue weighted by atomic mass is 32.1. The normalized spacial score (nSPS) is 12.6. The van der Waals surface area contributed by atoms with Crippen LogP contribution in [0.4, 0.5) is 5.69 Å². The monoisotopic (exact) mass is 409 g/mol. The van der Waals surface area contributed by atoms with Crippen LogP contribution in [0.1, 0.15) is 52.5 Å². The van der Waals surface area contributed by atoms with Crippen LogP contribution >= 0.6 is 12.2 Å². The first-order valence-electron chi connectivity index (χ1n) is 9.80. The Bertz CT molecular complexity index is 1050. The fraction of sp³-hybridized carbons (Fsp3) is 0.348. The fourth-order valence-electron chi connectivity index (χ4n) is 2.79. The molecule has 2 N–H and O–H groups in total. The third-order valence-electron chi connectivity index (χ3n) is 4.87. The van der Waals surface area contributed by atoms with Gasteiger partial charge in [-0.25, -0.2) is 4.98 Å². The summed E-state index contributed by atoms with van der Waals surface area (Å²) < 4.78 is 5.95. The minimum absolute atomic E-state index is 0.137. The van der Waals surface area contributed by atoms with Gasteiger partial charge in [-0.1, -0.05) is 46.8 Å². The van der Waals surface area contributed by atoms with Crippen LogP contribution in [0, 0.1) is 5.41 Å². The van der Waals surface area contributed by atoms with Gasteiger partial charge < -0.3 is 15.1 Å². The molecule has 0 radical (unpaired) electrons. The van der Waals surface area contributed by atoms with Crippen molar-refractivity contribution >= 4 is 40.0 Å².